The molecule has 2 bridgehead atoms. The molecule has 1 aromatic rings. The van der Waals surface area contributed by atoms with E-state index in [1.807, 2.05) is 6.07 Å². The summed E-state index contributed by atoms with van der Waals surface area (Å²) < 4.78 is 38.7. The van der Waals surface area contributed by atoms with Gasteiger partial charge in [0.25, 0.3) is 0 Å². The number of benzene rings is 1. The third-order valence-corrected chi connectivity index (χ3v) is 6.68. The van der Waals surface area contributed by atoms with E-state index in [1.54, 1.807) is 0 Å². The molecule has 1 saturated carbocycles. The van der Waals surface area contributed by atoms with Gasteiger partial charge in [-0.25, -0.2) is 13.1 Å². The van der Waals surface area contributed by atoms with E-state index in [2.05, 4.69) is 27.8 Å². The van der Waals surface area contributed by atoms with E-state index in [4.69, 9.17) is 9.47 Å². The van der Waals surface area contributed by atoms with Gasteiger partial charge in [0.1, 0.15) is 12.5 Å². The first-order chi connectivity index (χ1) is 12.5. The van der Waals surface area contributed by atoms with Gasteiger partial charge in [-0.2, -0.15) is 0 Å². The fourth-order valence-corrected chi connectivity index (χ4v) is 5.41. The van der Waals surface area contributed by atoms with Crippen LogP contribution < -0.4 is 9.46 Å². The summed E-state index contributed by atoms with van der Waals surface area (Å²) >= 11 is 0. The molecule has 2 fully saturated rings. The Morgan fingerprint density at radius 3 is 2.65 bits per heavy atom. The Hall–Kier alpha value is -1.15. The average Bonchev–Trinajstić information content (AvgIpc) is 2.97. The highest BCUT2D eigenvalue weighted by Gasteiger charge is 2.37. The minimum absolute atomic E-state index is 0.00837. The molecule has 0 aromatic heterocycles. The number of nitrogens with zero attached hydrogens (tertiary/aromatic N) is 1. The van der Waals surface area contributed by atoms with Gasteiger partial charge >= 0.3 is 0 Å². The first-order valence-electron chi connectivity index (χ1n) is 9.54. The van der Waals surface area contributed by atoms with Gasteiger partial charge < -0.3 is 9.47 Å². The molecule has 1 aromatic carbocycles. The number of ether oxygens (including phenoxy) is 2. The Labute approximate surface area is 155 Å². The number of para-hydroxylation sites is 1. The molecule has 3 heterocycles. The molecule has 1 N–H and O–H groups in total. The van der Waals surface area contributed by atoms with Crippen LogP contribution in [-0.2, 0) is 14.8 Å². The average molecular weight is 381 g/mol. The second-order valence-corrected chi connectivity index (χ2v) is 9.56. The molecular weight excluding hydrogens is 352 g/mol. The highest BCUT2D eigenvalue weighted by Crippen LogP contribution is 2.39. The number of nitrogens with one attached hydrogen (secondary N) is 1. The lowest BCUT2D eigenvalue weighted by atomic mass is 9.82. The molecule has 1 aliphatic carbocycles. The highest BCUT2D eigenvalue weighted by atomic mass is 32.2. The lowest BCUT2D eigenvalue weighted by Crippen LogP contribution is -2.48. The minimum atomic E-state index is -3.24. The van der Waals surface area contributed by atoms with Gasteiger partial charge in [0.05, 0.1) is 25.0 Å². The van der Waals surface area contributed by atoms with Crippen LogP contribution in [0.5, 0.6) is 5.75 Å². The standard InChI is InChI=1S/C19H28N2O4S/c1-26(22,23)20-17-10-11-21-13-25-19-5-3-2-4-16(19)14-6-8-15(9-7-14)24-12-18(17)21/h2-5,14-15,17-18,20H,6-13H2,1H3/t14-,15+,17-,18-/m0/s1. The largest absolute Gasteiger partial charge is 0.478 e. The van der Waals surface area contributed by atoms with E-state index in [9.17, 15) is 8.42 Å². The predicted molar refractivity (Wildman–Crippen MR) is 99.8 cm³/mol. The van der Waals surface area contributed by atoms with E-state index < -0.39 is 10.0 Å². The summed E-state index contributed by atoms with van der Waals surface area (Å²) in [6.45, 7) is 1.81. The molecule has 5 rings (SSSR count). The normalized spacial score (nSPS) is 32.8. The zero-order valence-corrected chi connectivity index (χ0v) is 16.1. The van der Waals surface area contributed by atoms with Crippen molar-refractivity contribution in [3.8, 4) is 5.75 Å². The molecule has 0 radical (unpaired) electrons. The van der Waals surface area contributed by atoms with Crippen LogP contribution in [0.2, 0.25) is 0 Å². The second kappa shape index (κ2) is 7.46. The van der Waals surface area contributed by atoms with Gasteiger partial charge in [-0.05, 0) is 49.7 Å². The second-order valence-electron chi connectivity index (χ2n) is 7.78. The first-order valence-corrected chi connectivity index (χ1v) is 11.4. The lowest BCUT2D eigenvalue weighted by molar-refractivity contribution is -0.0208. The Morgan fingerprint density at radius 2 is 1.88 bits per heavy atom. The van der Waals surface area contributed by atoms with Gasteiger partial charge in [-0.3, -0.25) is 4.90 Å². The quantitative estimate of drug-likeness (QED) is 0.851. The molecule has 3 aliphatic heterocycles. The Balaban J connectivity index is 1.58. The Morgan fingerprint density at radius 1 is 1.12 bits per heavy atom. The van der Waals surface area contributed by atoms with Gasteiger partial charge in [-0.1, -0.05) is 18.2 Å². The predicted octanol–water partition coefficient (Wildman–Crippen LogP) is 2.07. The Bertz CT molecular complexity index is 731. The van der Waals surface area contributed by atoms with Crippen molar-refractivity contribution in [1.29, 1.82) is 0 Å². The number of hydrogen-bond acceptors (Lipinski definition) is 5. The van der Waals surface area contributed by atoms with E-state index in [-0.39, 0.29) is 18.2 Å². The molecule has 6 nitrogen and oxygen atoms in total. The van der Waals surface area contributed by atoms with Gasteiger partial charge in [-0.15, -0.1) is 0 Å². The van der Waals surface area contributed by atoms with Crippen molar-refractivity contribution in [2.45, 2.75) is 56.2 Å². The molecule has 0 unspecified atom stereocenters. The lowest BCUT2D eigenvalue weighted by Gasteiger charge is -2.35. The van der Waals surface area contributed by atoms with Crippen molar-refractivity contribution < 1.29 is 17.9 Å². The van der Waals surface area contributed by atoms with E-state index >= 15 is 0 Å². The Kier molecular flexibility index (Phi) is 5.23. The summed E-state index contributed by atoms with van der Waals surface area (Å²) in [6, 6.07) is 8.23. The van der Waals surface area contributed by atoms with Crippen LogP contribution in [-0.4, -0.2) is 57.6 Å². The maximum Gasteiger partial charge on any atom is 0.209 e. The van der Waals surface area contributed by atoms with Crippen molar-refractivity contribution in [3.63, 3.8) is 0 Å². The zero-order valence-electron chi connectivity index (χ0n) is 15.3. The van der Waals surface area contributed by atoms with Crippen LogP contribution >= 0.6 is 0 Å². The summed E-state index contributed by atoms with van der Waals surface area (Å²) in [7, 11) is -3.24. The maximum absolute atomic E-state index is 11.7. The molecular formula is C19H28N2O4S. The van der Waals surface area contributed by atoms with Crippen LogP contribution in [0.15, 0.2) is 24.3 Å². The summed E-state index contributed by atoms with van der Waals surface area (Å²) in [5.74, 6) is 1.51. The van der Waals surface area contributed by atoms with Gasteiger partial charge in [0.2, 0.25) is 10.0 Å². The molecule has 0 amide bonds. The molecule has 26 heavy (non-hydrogen) atoms. The minimum Gasteiger partial charge on any atom is -0.478 e. The third-order valence-electron chi connectivity index (χ3n) is 5.95. The summed E-state index contributed by atoms with van der Waals surface area (Å²) in [6.07, 6.45) is 6.61. The van der Waals surface area contributed by atoms with E-state index in [0.717, 1.165) is 44.4 Å². The van der Waals surface area contributed by atoms with Crippen LogP contribution in [0.4, 0.5) is 0 Å². The summed E-state index contributed by atoms with van der Waals surface area (Å²) in [5.41, 5.74) is 1.30. The van der Waals surface area contributed by atoms with Crippen LogP contribution in [0.1, 0.15) is 43.6 Å². The van der Waals surface area contributed by atoms with Crippen molar-refractivity contribution in [3.05, 3.63) is 29.8 Å². The molecule has 144 valence electrons. The molecule has 2 atom stereocenters. The maximum atomic E-state index is 11.7. The third kappa shape index (κ3) is 4.06. The molecule has 7 heteroatoms. The van der Waals surface area contributed by atoms with E-state index in [1.165, 1.54) is 11.8 Å². The summed E-state index contributed by atoms with van der Waals surface area (Å²) in [4.78, 5) is 2.20. The van der Waals surface area contributed by atoms with E-state index in [0.29, 0.717) is 19.3 Å². The van der Waals surface area contributed by atoms with Crippen molar-refractivity contribution in [1.82, 2.24) is 9.62 Å². The SMILES string of the molecule is CS(=O)(=O)N[C@H]1CCN2COc3ccccc3[C@H]3CC[C@H](CC3)OC[C@@H]12. The van der Waals surface area contributed by atoms with Crippen LogP contribution in [0.25, 0.3) is 0 Å². The number of sulfonamides is 1. The van der Waals surface area contributed by atoms with Crippen molar-refractivity contribution in [2.75, 3.05) is 26.1 Å². The summed E-state index contributed by atoms with van der Waals surface area (Å²) in [5, 5.41) is 0. The smallest absolute Gasteiger partial charge is 0.209 e. The van der Waals surface area contributed by atoms with Crippen molar-refractivity contribution >= 4 is 10.0 Å². The molecule has 4 aliphatic rings. The highest BCUT2D eigenvalue weighted by molar-refractivity contribution is 7.88. The zero-order chi connectivity index (χ0) is 18.1. The topological polar surface area (TPSA) is 67.9 Å². The van der Waals surface area contributed by atoms with Crippen LogP contribution in [0.3, 0.4) is 0 Å². The van der Waals surface area contributed by atoms with Crippen LogP contribution in [0, 0.1) is 0 Å². The van der Waals surface area contributed by atoms with Gasteiger partial charge in [0, 0.05) is 12.6 Å². The first kappa shape index (κ1) is 18.2. The monoisotopic (exact) mass is 380 g/mol. The van der Waals surface area contributed by atoms with Gasteiger partial charge in [0.15, 0.2) is 0 Å². The van der Waals surface area contributed by atoms with Crippen molar-refractivity contribution in [2.24, 2.45) is 0 Å². The number of hydrogen-bond donors (Lipinski definition) is 1. The molecule has 0 spiro atoms. The fraction of sp³-hybridized carbons (Fsp3) is 0.684. The number of rotatable bonds is 2. The number of fused-ring (bicyclic) bond motifs is 4. The fourth-order valence-electron chi connectivity index (χ4n) is 4.59. The molecule has 1 saturated heterocycles.